The third-order valence-corrected chi connectivity index (χ3v) is 5.62. The van der Waals surface area contributed by atoms with Crippen LogP contribution in [0.25, 0.3) is 0 Å². The van der Waals surface area contributed by atoms with Crippen molar-refractivity contribution in [2.24, 2.45) is 4.99 Å². The Morgan fingerprint density at radius 1 is 1.30 bits per heavy atom. The predicted molar refractivity (Wildman–Crippen MR) is 109 cm³/mol. The van der Waals surface area contributed by atoms with Crippen molar-refractivity contribution in [1.82, 2.24) is 25.3 Å². The van der Waals surface area contributed by atoms with E-state index in [1.54, 1.807) is 18.4 Å². The van der Waals surface area contributed by atoms with Gasteiger partial charge >= 0.3 is 0 Å². The molecule has 1 aliphatic rings. The van der Waals surface area contributed by atoms with Crippen LogP contribution in [-0.4, -0.2) is 59.1 Å². The van der Waals surface area contributed by atoms with Gasteiger partial charge in [0.2, 0.25) is 5.89 Å². The first-order chi connectivity index (χ1) is 12.8. The Morgan fingerprint density at radius 2 is 2.04 bits per heavy atom. The summed E-state index contributed by atoms with van der Waals surface area (Å²) in [6.45, 7) is 11.5. The zero-order chi connectivity index (χ0) is 19.4. The summed E-state index contributed by atoms with van der Waals surface area (Å²) >= 11 is 7.68. The molecule has 1 aliphatic heterocycles. The van der Waals surface area contributed by atoms with E-state index in [4.69, 9.17) is 16.1 Å². The molecule has 1 N–H and O–H groups in total. The summed E-state index contributed by atoms with van der Waals surface area (Å²) in [4.78, 5) is 14.9. The van der Waals surface area contributed by atoms with Crippen molar-refractivity contribution in [3.63, 3.8) is 0 Å². The summed E-state index contributed by atoms with van der Waals surface area (Å²) in [7, 11) is 1.80. The molecule has 27 heavy (non-hydrogen) atoms. The summed E-state index contributed by atoms with van der Waals surface area (Å²) in [5.74, 6) is 2.17. The Balaban J connectivity index is 1.48. The molecule has 7 nitrogen and oxygen atoms in total. The number of nitrogens with zero attached hydrogens (tertiary/aromatic N) is 5. The van der Waals surface area contributed by atoms with Crippen LogP contribution in [0.5, 0.6) is 0 Å². The summed E-state index contributed by atoms with van der Waals surface area (Å²) < 4.78 is 6.19. The largest absolute Gasteiger partial charge is 0.349 e. The second kappa shape index (κ2) is 8.58. The SMILES string of the molecule is CN=C(NCc1noc(C(C)(C)C)n1)N1CCN(Cc2ccc(Cl)s2)CC1. The highest BCUT2D eigenvalue weighted by Gasteiger charge is 2.23. The fourth-order valence-corrected chi connectivity index (χ4v) is 4.03. The average Bonchev–Trinajstić information content (AvgIpc) is 3.26. The van der Waals surface area contributed by atoms with Crippen molar-refractivity contribution in [3.8, 4) is 0 Å². The molecule has 3 rings (SSSR count). The Hall–Kier alpha value is -1.64. The van der Waals surface area contributed by atoms with Crippen molar-refractivity contribution in [3.05, 3.63) is 33.1 Å². The Kier molecular flexibility index (Phi) is 6.39. The van der Waals surface area contributed by atoms with Crippen LogP contribution in [0.2, 0.25) is 4.34 Å². The molecule has 148 valence electrons. The third kappa shape index (κ3) is 5.43. The van der Waals surface area contributed by atoms with Crippen LogP contribution in [-0.2, 0) is 18.5 Å². The number of aliphatic imine (C=N–C) groups is 1. The first kappa shape index (κ1) is 20.1. The van der Waals surface area contributed by atoms with Crippen LogP contribution in [0.1, 0.15) is 37.4 Å². The fraction of sp³-hybridized carbons (Fsp3) is 0.611. The molecule has 0 aliphatic carbocycles. The average molecular weight is 411 g/mol. The summed E-state index contributed by atoms with van der Waals surface area (Å²) in [5, 5.41) is 7.40. The van der Waals surface area contributed by atoms with Gasteiger partial charge in [0.15, 0.2) is 11.8 Å². The molecule has 0 amide bonds. The van der Waals surface area contributed by atoms with E-state index in [1.807, 2.05) is 6.07 Å². The maximum Gasteiger partial charge on any atom is 0.232 e. The molecule has 1 fully saturated rings. The van der Waals surface area contributed by atoms with Crippen molar-refractivity contribution in [2.75, 3.05) is 33.2 Å². The van der Waals surface area contributed by atoms with Crippen LogP contribution >= 0.6 is 22.9 Å². The molecule has 0 atom stereocenters. The number of guanidine groups is 1. The van der Waals surface area contributed by atoms with Gasteiger partial charge in [-0.1, -0.05) is 37.5 Å². The quantitative estimate of drug-likeness (QED) is 0.617. The van der Waals surface area contributed by atoms with Gasteiger partial charge in [0.05, 0.1) is 10.9 Å². The van der Waals surface area contributed by atoms with Gasteiger partial charge in [0, 0.05) is 50.1 Å². The lowest BCUT2D eigenvalue weighted by atomic mass is 9.97. The molecule has 0 bridgehead atoms. The van der Waals surface area contributed by atoms with Gasteiger partial charge in [0.25, 0.3) is 0 Å². The summed E-state index contributed by atoms with van der Waals surface area (Å²) in [6, 6.07) is 4.07. The summed E-state index contributed by atoms with van der Waals surface area (Å²) in [6.07, 6.45) is 0. The van der Waals surface area contributed by atoms with Gasteiger partial charge in [-0.05, 0) is 12.1 Å². The molecule has 1 saturated heterocycles. The van der Waals surface area contributed by atoms with Crippen molar-refractivity contribution >= 4 is 28.9 Å². The van der Waals surface area contributed by atoms with Crippen LogP contribution in [0.4, 0.5) is 0 Å². The van der Waals surface area contributed by atoms with Gasteiger partial charge < -0.3 is 14.7 Å². The van der Waals surface area contributed by atoms with Crippen molar-refractivity contribution < 1.29 is 4.52 Å². The Labute approximate surface area is 169 Å². The second-order valence-corrected chi connectivity index (χ2v) is 9.44. The zero-order valence-corrected chi connectivity index (χ0v) is 17.9. The highest BCUT2D eigenvalue weighted by molar-refractivity contribution is 7.16. The van der Waals surface area contributed by atoms with E-state index in [9.17, 15) is 0 Å². The zero-order valence-electron chi connectivity index (χ0n) is 16.3. The van der Waals surface area contributed by atoms with E-state index in [-0.39, 0.29) is 5.41 Å². The van der Waals surface area contributed by atoms with Crippen LogP contribution in [0, 0.1) is 0 Å². The van der Waals surface area contributed by atoms with Gasteiger partial charge in [-0.15, -0.1) is 11.3 Å². The Morgan fingerprint density at radius 3 is 2.59 bits per heavy atom. The van der Waals surface area contributed by atoms with E-state index in [1.165, 1.54) is 4.88 Å². The van der Waals surface area contributed by atoms with E-state index in [0.717, 1.165) is 43.0 Å². The Bertz CT molecular complexity index is 773. The van der Waals surface area contributed by atoms with E-state index in [0.29, 0.717) is 18.3 Å². The van der Waals surface area contributed by atoms with E-state index < -0.39 is 0 Å². The maximum absolute atomic E-state index is 6.02. The lowest BCUT2D eigenvalue weighted by molar-refractivity contribution is 0.173. The molecular weight excluding hydrogens is 384 g/mol. The number of halogens is 1. The fourth-order valence-electron chi connectivity index (χ4n) is 2.90. The van der Waals surface area contributed by atoms with Crippen molar-refractivity contribution in [1.29, 1.82) is 0 Å². The lowest BCUT2D eigenvalue weighted by Crippen LogP contribution is -2.52. The maximum atomic E-state index is 6.02. The standard InChI is InChI=1S/C18H27ClN6OS/c1-18(2,3)16-22-15(23-26-16)11-21-17(20-4)25-9-7-24(8-10-25)12-13-5-6-14(19)27-13/h5-6H,7-12H2,1-4H3,(H,20,21). The predicted octanol–water partition coefficient (Wildman–Crippen LogP) is 2.98. The number of rotatable bonds is 4. The van der Waals surface area contributed by atoms with E-state index in [2.05, 4.69) is 57.1 Å². The van der Waals surface area contributed by atoms with Gasteiger partial charge in [0.1, 0.15) is 0 Å². The number of nitrogens with one attached hydrogen (secondary N) is 1. The molecule has 0 spiro atoms. The number of hydrogen-bond acceptors (Lipinski definition) is 6. The molecule has 2 aromatic rings. The minimum Gasteiger partial charge on any atom is -0.349 e. The third-order valence-electron chi connectivity index (χ3n) is 4.41. The summed E-state index contributed by atoms with van der Waals surface area (Å²) in [5.41, 5.74) is -0.143. The molecular formula is C18H27ClN6OS. The smallest absolute Gasteiger partial charge is 0.232 e. The van der Waals surface area contributed by atoms with Crippen molar-refractivity contribution in [2.45, 2.75) is 39.3 Å². The topological polar surface area (TPSA) is 69.8 Å². The van der Waals surface area contributed by atoms with E-state index >= 15 is 0 Å². The second-order valence-electron chi connectivity index (χ2n) is 7.64. The van der Waals surface area contributed by atoms with Crippen LogP contribution in [0.3, 0.4) is 0 Å². The van der Waals surface area contributed by atoms with Gasteiger partial charge in [-0.25, -0.2) is 0 Å². The highest BCUT2D eigenvalue weighted by Crippen LogP contribution is 2.23. The van der Waals surface area contributed by atoms with Crippen LogP contribution in [0.15, 0.2) is 21.6 Å². The molecule has 0 aromatic carbocycles. The monoisotopic (exact) mass is 410 g/mol. The molecule has 0 unspecified atom stereocenters. The van der Waals surface area contributed by atoms with Gasteiger partial charge in [-0.2, -0.15) is 4.98 Å². The number of thiophene rings is 1. The molecule has 0 radical (unpaired) electrons. The molecule has 3 heterocycles. The minimum absolute atomic E-state index is 0.143. The first-order valence-electron chi connectivity index (χ1n) is 9.10. The first-order valence-corrected chi connectivity index (χ1v) is 10.3. The minimum atomic E-state index is -0.143. The number of piperazine rings is 1. The lowest BCUT2D eigenvalue weighted by Gasteiger charge is -2.36. The number of aromatic nitrogens is 2. The van der Waals surface area contributed by atoms with Crippen LogP contribution < -0.4 is 5.32 Å². The number of hydrogen-bond donors (Lipinski definition) is 1. The normalized spacial score (nSPS) is 16.8. The molecule has 2 aromatic heterocycles. The molecule has 0 saturated carbocycles. The molecule has 9 heteroatoms. The highest BCUT2D eigenvalue weighted by atomic mass is 35.5. The van der Waals surface area contributed by atoms with Gasteiger partial charge in [-0.3, -0.25) is 9.89 Å².